The number of aliphatic hydroxyl groups excluding tert-OH is 1. The smallest absolute Gasteiger partial charge is 0.227 e. The Balaban J connectivity index is 1.99. The van der Waals surface area contributed by atoms with Crippen molar-refractivity contribution < 1.29 is 14.3 Å². The van der Waals surface area contributed by atoms with E-state index in [0.717, 1.165) is 5.56 Å². The molecule has 0 aromatic carbocycles. The Labute approximate surface area is 115 Å². The molecule has 19 heavy (non-hydrogen) atoms. The van der Waals surface area contributed by atoms with Crippen LogP contribution in [0.4, 0.5) is 0 Å². The quantitative estimate of drug-likeness (QED) is 0.790. The summed E-state index contributed by atoms with van der Waals surface area (Å²) in [6.45, 7) is 2.36. The van der Waals surface area contributed by atoms with Crippen LogP contribution >= 0.6 is 11.3 Å². The van der Waals surface area contributed by atoms with E-state index in [1.807, 2.05) is 16.8 Å². The molecule has 0 radical (unpaired) electrons. The molecule has 0 aliphatic heterocycles. The van der Waals surface area contributed by atoms with Crippen LogP contribution in [0, 0.1) is 6.92 Å². The number of hydrogen-bond acceptors (Lipinski definition) is 5. The van der Waals surface area contributed by atoms with Gasteiger partial charge in [-0.25, -0.2) is 4.98 Å². The fourth-order valence-electron chi connectivity index (χ4n) is 1.62. The first kappa shape index (κ1) is 13.8. The molecule has 0 unspecified atom stereocenters. The second-order valence-corrected chi connectivity index (χ2v) is 4.92. The van der Waals surface area contributed by atoms with E-state index < -0.39 is 0 Å². The summed E-state index contributed by atoms with van der Waals surface area (Å²) in [6, 6.07) is 1.93. The number of thiophene rings is 1. The third-order valence-corrected chi connectivity index (χ3v) is 3.33. The van der Waals surface area contributed by atoms with E-state index in [4.69, 9.17) is 9.52 Å². The third kappa shape index (κ3) is 3.65. The average molecular weight is 280 g/mol. The van der Waals surface area contributed by atoms with Gasteiger partial charge in [0.25, 0.3) is 0 Å². The summed E-state index contributed by atoms with van der Waals surface area (Å²) >= 11 is 1.57. The monoisotopic (exact) mass is 280 g/mol. The number of aliphatic hydroxyl groups is 1. The van der Waals surface area contributed by atoms with E-state index in [0.29, 0.717) is 30.3 Å². The molecule has 0 atom stereocenters. The normalized spacial score (nSPS) is 10.6. The lowest BCUT2D eigenvalue weighted by atomic mass is 10.2. The minimum atomic E-state index is -0.110. The number of oxazole rings is 1. The van der Waals surface area contributed by atoms with Crippen molar-refractivity contribution in [3.8, 4) is 11.5 Å². The molecular formula is C13H16N2O3S. The Morgan fingerprint density at radius 2 is 2.42 bits per heavy atom. The van der Waals surface area contributed by atoms with Crippen LogP contribution in [-0.2, 0) is 11.2 Å². The lowest BCUT2D eigenvalue weighted by Crippen LogP contribution is -2.26. The van der Waals surface area contributed by atoms with Crippen LogP contribution in [0.15, 0.2) is 21.2 Å². The van der Waals surface area contributed by atoms with Crippen LogP contribution in [0.3, 0.4) is 0 Å². The van der Waals surface area contributed by atoms with Gasteiger partial charge in [-0.1, -0.05) is 0 Å². The highest BCUT2D eigenvalue weighted by Gasteiger charge is 2.14. The van der Waals surface area contributed by atoms with Crippen molar-refractivity contribution in [1.82, 2.24) is 10.3 Å². The average Bonchev–Trinajstić information content (AvgIpc) is 3.00. The van der Waals surface area contributed by atoms with Crippen LogP contribution in [0.1, 0.15) is 17.9 Å². The molecular weight excluding hydrogens is 264 g/mol. The number of carbonyl (C=O) groups is 1. The zero-order valence-electron chi connectivity index (χ0n) is 10.7. The van der Waals surface area contributed by atoms with Gasteiger partial charge in [0, 0.05) is 24.1 Å². The fraction of sp³-hybridized carbons (Fsp3) is 0.385. The van der Waals surface area contributed by atoms with E-state index in [1.165, 1.54) is 0 Å². The maximum Gasteiger partial charge on any atom is 0.227 e. The van der Waals surface area contributed by atoms with Crippen molar-refractivity contribution in [3.63, 3.8) is 0 Å². The van der Waals surface area contributed by atoms with Gasteiger partial charge in [-0.15, -0.1) is 0 Å². The molecule has 102 valence electrons. The predicted octanol–water partition coefficient (Wildman–Crippen LogP) is 1.75. The first-order valence-corrected chi connectivity index (χ1v) is 7.01. The van der Waals surface area contributed by atoms with Crippen LogP contribution in [0.2, 0.25) is 0 Å². The SMILES string of the molecule is Cc1oc(-c2ccsc2)nc1CC(=O)NCCCO. The molecule has 2 aromatic rings. The molecule has 0 spiro atoms. The summed E-state index contributed by atoms with van der Waals surface area (Å²) < 4.78 is 5.56. The molecule has 1 amide bonds. The maximum atomic E-state index is 11.7. The van der Waals surface area contributed by atoms with Crippen LogP contribution < -0.4 is 5.32 Å². The summed E-state index contributed by atoms with van der Waals surface area (Å²) in [7, 11) is 0. The molecule has 2 aromatic heterocycles. The van der Waals surface area contributed by atoms with E-state index in [1.54, 1.807) is 18.3 Å². The fourth-order valence-corrected chi connectivity index (χ4v) is 2.25. The number of nitrogens with one attached hydrogen (secondary N) is 1. The lowest BCUT2D eigenvalue weighted by Gasteiger charge is -2.01. The van der Waals surface area contributed by atoms with E-state index in [2.05, 4.69) is 10.3 Å². The maximum absolute atomic E-state index is 11.7. The number of aryl methyl sites for hydroxylation is 1. The van der Waals surface area contributed by atoms with Crippen molar-refractivity contribution in [2.24, 2.45) is 0 Å². The molecule has 0 fully saturated rings. The van der Waals surface area contributed by atoms with Gasteiger partial charge in [-0.3, -0.25) is 4.79 Å². The second-order valence-electron chi connectivity index (χ2n) is 4.14. The Morgan fingerprint density at radius 1 is 1.58 bits per heavy atom. The van der Waals surface area contributed by atoms with Crippen molar-refractivity contribution in [2.45, 2.75) is 19.8 Å². The van der Waals surface area contributed by atoms with Gasteiger partial charge < -0.3 is 14.8 Å². The number of hydrogen-bond donors (Lipinski definition) is 2. The minimum Gasteiger partial charge on any atom is -0.441 e. The zero-order chi connectivity index (χ0) is 13.7. The van der Waals surface area contributed by atoms with Crippen LogP contribution in [-0.4, -0.2) is 29.1 Å². The van der Waals surface area contributed by atoms with Gasteiger partial charge in [-0.05, 0) is 24.8 Å². The number of rotatable bonds is 6. The summed E-state index contributed by atoms with van der Waals surface area (Å²) in [5.41, 5.74) is 1.59. The second kappa shape index (κ2) is 6.49. The van der Waals surface area contributed by atoms with Crippen molar-refractivity contribution in [1.29, 1.82) is 0 Å². The summed E-state index contributed by atoms with van der Waals surface area (Å²) in [5, 5.41) is 15.3. The molecule has 0 aliphatic rings. The van der Waals surface area contributed by atoms with Gasteiger partial charge in [0.2, 0.25) is 11.8 Å². The predicted molar refractivity (Wildman–Crippen MR) is 73.0 cm³/mol. The topological polar surface area (TPSA) is 75.4 Å². The van der Waals surface area contributed by atoms with Gasteiger partial charge in [0.15, 0.2) is 0 Å². The summed E-state index contributed by atoms with van der Waals surface area (Å²) in [4.78, 5) is 16.0. The Kier molecular flexibility index (Phi) is 4.70. The lowest BCUT2D eigenvalue weighted by molar-refractivity contribution is -0.120. The zero-order valence-corrected chi connectivity index (χ0v) is 11.5. The van der Waals surface area contributed by atoms with E-state index in [-0.39, 0.29) is 18.9 Å². The molecule has 0 bridgehead atoms. The van der Waals surface area contributed by atoms with Gasteiger partial charge in [-0.2, -0.15) is 11.3 Å². The molecule has 0 aliphatic carbocycles. The molecule has 0 saturated heterocycles. The minimum absolute atomic E-state index is 0.0750. The Bertz CT molecular complexity index is 534. The van der Waals surface area contributed by atoms with E-state index >= 15 is 0 Å². The molecule has 2 N–H and O–H groups in total. The number of nitrogens with zero attached hydrogens (tertiary/aromatic N) is 1. The van der Waals surface area contributed by atoms with Gasteiger partial charge >= 0.3 is 0 Å². The summed E-state index contributed by atoms with van der Waals surface area (Å²) in [6.07, 6.45) is 0.759. The van der Waals surface area contributed by atoms with Crippen molar-refractivity contribution >= 4 is 17.2 Å². The standard InChI is InChI=1S/C13H16N2O3S/c1-9-11(7-12(17)14-4-2-5-16)15-13(18-9)10-3-6-19-8-10/h3,6,8,16H,2,4-5,7H2,1H3,(H,14,17). The Morgan fingerprint density at radius 3 is 3.11 bits per heavy atom. The third-order valence-electron chi connectivity index (χ3n) is 2.65. The molecule has 6 heteroatoms. The number of amides is 1. The molecule has 2 rings (SSSR count). The number of aromatic nitrogens is 1. The van der Waals surface area contributed by atoms with Crippen LogP contribution in [0.5, 0.6) is 0 Å². The van der Waals surface area contributed by atoms with Crippen LogP contribution in [0.25, 0.3) is 11.5 Å². The first-order chi connectivity index (χ1) is 9.20. The largest absolute Gasteiger partial charge is 0.441 e. The van der Waals surface area contributed by atoms with Gasteiger partial charge in [0.05, 0.1) is 12.1 Å². The first-order valence-electron chi connectivity index (χ1n) is 6.07. The molecule has 2 heterocycles. The Hall–Kier alpha value is -1.66. The highest BCUT2D eigenvalue weighted by molar-refractivity contribution is 7.08. The van der Waals surface area contributed by atoms with Crippen molar-refractivity contribution in [2.75, 3.05) is 13.2 Å². The molecule has 5 nitrogen and oxygen atoms in total. The van der Waals surface area contributed by atoms with E-state index in [9.17, 15) is 4.79 Å². The van der Waals surface area contributed by atoms with Gasteiger partial charge in [0.1, 0.15) is 5.76 Å². The highest BCUT2D eigenvalue weighted by atomic mass is 32.1. The molecule has 0 saturated carbocycles. The summed E-state index contributed by atoms with van der Waals surface area (Å²) in [5.74, 6) is 1.11. The van der Waals surface area contributed by atoms with Crippen molar-refractivity contribution in [3.05, 3.63) is 28.3 Å². The number of carbonyl (C=O) groups excluding carboxylic acids is 1. The highest BCUT2D eigenvalue weighted by Crippen LogP contribution is 2.23.